The number of nitro groups is 1. The Morgan fingerprint density at radius 2 is 2.00 bits per heavy atom. The number of anilines is 1. The summed E-state index contributed by atoms with van der Waals surface area (Å²) in [6, 6.07) is 13.7. The Hall–Kier alpha value is -2.68. The van der Waals surface area contributed by atoms with Crippen LogP contribution in [0.25, 0.3) is 0 Å². The number of aromatic nitrogens is 1. The first-order valence-corrected chi connectivity index (χ1v) is 9.73. The van der Waals surface area contributed by atoms with E-state index in [0.717, 1.165) is 11.8 Å². The molecule has 0 spiro atoms. The molecule has 10 heteroatoms. The van der Waals surface area contributed by atoms with E-state index >= 15 is 0 Å². The van der Waals surface area contributed by atoms with Gasteiger partial charge in [-0.15, -0.1) is 0 Å². The minimum atomic E-state index is -0.519. The fourth-order valence-corrected chi connectivity index (χ4v) is 3.47. The first-order valence-electron chi connectivity index (χ1n) is 8.19. The van der Waals surface area contributed by atoms with Crippen LogP contribution in [0.1, 0.15) is 11.1 Å². The van der Waals surface area contributed by atoms with E-state index in [1.807, 2.05) is 18.2 Å². The first-order chi connectivity index (χ1) is 13.9. The van der Waals surface area contributed by atoms with E-state index in [-0.39, 0.29) is 12.3 Å². The molecule has 0 aliphatic heterocycles. The highest BCUT2D eigenvalue weighted by atomic mass is 79.9. The van der Waals surface area contributed by atoms with Crippen LogP contribution in [0.3, 0.4) is 0 Å². The number of benzene rings is 2. The molecule has 0 radical (unpaired) electrons. The number of pyridine rings is 1. The molecular weight excluding hydrogens is 483 g/mol. The smallest absolute Gasteiger partial charge is 0.287 e. The number of rotatable bonds is 7. The summed E-state index contributed by atoms with van der Waals surface area (Å²) >= 11 is 15.9. The van der Waals surface area contributed by atoms with Crippen LogP contribution in [-0.2, 0) is 6.61 Å². The van der Waals surface area contributed by atoms with Crippen molar-refractivity contribution in [1.29, 1.82) is 0 Å². The van der Waals surface area contributed by atoms with Crippen molar-refractivity contribution in [2.45, 2.75) is 6.61 Å². The van der Waals surface area contributed by atoms with Crippen molar-refractivity contribution in [2.75, 3.05) is 5.43 Å². The molecule has 1 heterocycles. The highest BCUT2D eigenvalue weighted by molar-refractivity contribution is 9.10. The number of nitrogens with one attached hydrogen (secondary N) is 1. The van der Waals surface area contributed by atoms with Gasteiger partial charge in [-0.3, -0.25) is 15.5 Å². The summed E-state index contributed by atoms with van der Waals surface area (Å²) in [7, 11) is 0. The normalized spacial score (nSPS) is 10.9. The second-order valence-electron chi connectivity index (χ2n) is 5.72. The summed E-state index contributed by atoms with van der Waals surface area (Å²) in [5, 5.41) is 15.7. The largest absolute Gasteiger partial charge is 0.486 e. The van der Waals surface area contributed by atoms with Crippen molar-refractivity contribution in [1.82, 2.24) is 4.98 Å². The molecule has 0 aliphatic carbocycles. The standard InChI is InChI=1S/C19H13BrCl2N4O3/c20-15-7-12(9-24-25-18-6-5-14(10-23-18)26(27)28)8-17(22)19(15)29-11-13-3-1-2-4-16(13)21/h1-10H,11H2,(H,23,25). The average Bonchev–Trinajstić information content (AvgIpc) is 2.69. The van der Waals surface area contributed by atoms with Gasteiger partial charge in [-0.25, -0.2) is 4.98 Å². The number of ether oxygens (including phenoxy) is 1. The molecule has 2 aromatic carbocycles. The molecule has 0 fully saturated rings. The van der Waals surface area contributed by atoms with E-state index in [0.29, 0.717) is 31.6 Å². The topological polar surface area (TPSA) is 89.7 Å². The van der Waals surface area contributed by atoms with E-state index in [1.165, 1.54) is 18.3 Å². The summed E-state index contributed by atoms with van der Waals surface area (Å²) in [4.78, 5) is 14.0. The fourth-order valence-electron chi connectivity index (χ4n) is 2.29. The number of hydrogen-bond acceptors (Lipinski definition) is 6. The highest BCUT2D eigenvalue weighted by Gasteiger charge is 2.10. The van der Waals surface area contributed by atoms with Gasteiger partial charge in [-0.1, -0.05) is 41.4 Å². The van der Waals surface area contributed by atoms with Crippen LogP contribution in [0.15, 0.2) is 64.3 Å². The molecule has 7 nitrogen and oxygen atoms in total. The summed E-state index contributed by atoms with van der Waals surface area (Å²) in [5.41, 5.74) is 4.16. The predicted molar refractivity (Wildman–Crippen MR) is 117 cm³/mol. The van der Waals surface area contributed by atoms with Crippen LogP contribution in [-0.4, -0.2) is 16.1 Å². The molecule has 0 saturated carbocycles. The summed E-state index contributed by atoms with van der Waals surface area (Å²) in [6.07, 6.45) is 2.69. The van der Waals surface area contributed by atoms with Gasteiger partial charge in [0.1, 0.15) is 18.6 Å². The second kappa shape index (κ2) is 9.69. The van der Waals surface area contributed by atoms with E-state index in [9.17, 15) is 10.1 Å². The van der Waals surface area contributed by atoms with Gasteiger partial charge in [0.25, 0.3) is 5.69 Å². The first kappa shape index (κ1) is 21.0. The van der Waals surface area contributed by atoms with Crippen LogP contribution >= 0.6 is 39.1 Å². The molecule has 29 heavy (non-hydrogen) atoms. The number of hydrogen-bond donors (Lipinski definition) is 1. The fraction of sp³-hybridized carbons (Fsp3) is 0.0526. The van der Waals surface area contributed by atoms with Gasteiger partial charge >= 0.3 is 0 Å². The lowest BCUT2D eigenvalue weighted by atomic mass is 10.2. The minimum Gasteiger partial charge on any atom is -0.486 e. The van der Waals surface area contributed by atoms with Crippen molar-refractivity contribution < 1.29 is 9.66 Å². The quantitative estimate of drug-likeness (QED) is 0.243. The van der Waals surface area contributed by atoms with E-state index in [4.69, 9.17) is 27.9 Å². The predicted octanol–water partition coefficient (Wildman–Crippen LogP) is 6.08. The molecular formula is C19H13BrCl2N4O3. The number of halogens is 3. The Balaban J connectivity index is 1.66. The zero-order valence-electron chi connectivity index (χ0n) is 14.7. The maximum absolute atomic E-state index is 10.6. The Morgan fingerprint density at radius 3 is 2.66 bits per heavy atom. The van der Waals surface area contributed by atoms with Crippen LogP contribution in [0, 0.1) is 10.1 Å². The van der Waals surface area contributed by atoms with Gasteiger partial charge in [0.2, 0.25) is 0 Å². The molecule has 0 saturated heterocycles. The van der Waals surface area contributed by atoms with Crippen LogP contribution in [0.2, 0.25) is 10.0 Å². The Kier molecular flexibility index (Phi) is 7.03. The summed E-state index contributed by atoms with van der Waals surface area (Å²) in [5.74, 6) is 0.866. The lowest BCUT2D eigenvalue weighted by molar-refractivity contribution is -0.385. The minimum absolute atomic E-state index is 0.0948. The molecule has 3 rings (SSSR count). The summed E-state index contributed by atoms with van der Waals surface area (Å²) < 4.78 is 6.46. The second-order valence-corrected chi connectivity index (χ2v) is 7.39. The summed E-state index contributed by atoms with van der Waals surface area (Å²) in [6.45, 7) is 0.277. The van der Waals surface area contributed by atoms with Crippen molar-refractivity contribution in [2.24, 2.45) is 5.10 Å². The molecule has 0 aliphatic rings. The lowest BCUT2D eigenvalue weighted by Crippen LogP contribution is -1.99. The van der Waals surface area contributed by atoms with Crippen LogP contribution in [0.5, 0.6) is 5.75 Å². The number of hydrazone groups is 1. The van der Waals surface area contributed by atoms with Crippen molar-refractivity contribution in [3.05, 3.63) is 90.5 Å². The van der Waals surface area contributed by atoms with Crippen LogP contribution < -0.4 is 10.2 Å². The third-order valence-electron chi connectivity index (χ3n) is 3.70. The van der Waals surface area contributed by atoms with Crippen molar-refractivity contribution in [3.8, 4) is 5.75 Å². The Bertz CT molecular complexity index is 1040. The molecule has 0 bridgehead atoms. The molecule has 0 atom stereocenters. The van der Waals surface area contributed by atoms with E-state index in [1.54, 1.807) is 18.2 Å². The van der Waals surface area contributed by atoms with E-state index in [2.05, 4.69) is 31.4 Å². The van der Waals surface area contributed by atoms with Gasteiger partial charge in [-0.2, -0.15) is 5.10 Å². The van der Waals surface area contributed by atoms with Crippen LogP contribution in [0.4, 0.5) is 11.5 Å². The van der Waals surface area contributed by atoms with Gasteiger partial charge in [0.05, 0.1) is 20.6 Å². The zero-order chi connectivity index (χ0) is 20.8. The maximum atomic E-state index is 10.6. The number of nitrogens with zero attached hydrogens (tertiary/aromatic N) is 3. The van der Waals surface area contributed by atoms with Crippen molar-refractivity contribution in [3.63, 3.8) is 0 Å². The van der Waals surface area contributed by atoms with Crippen molar-refractivity contribution >= 4 is 56.9 Å². The van der Waals surface area contributed by atoms with Gasteiger partial charge in [-0.05, 0) is 45.8 Å². The molecule has 1 aromatic heterocycles. The Morgan fingerprint density at radius 1 is 1.21 bits per heavy atom. The molecule has 148 valence electrons. The molecule has 0 amide bonds. The molecule has 3 aromatic rings. The molecule has 0 unspecified atom stereocenters. The zero-order valence-corrected chi connectivity index (χ0v) is 17.8. The highest BCUT2D eigenvalue weighted by Crippen LogP contribution is 2.35. The third-order valence-corrected chi connectivity index (χ3v) is 4.94. The SMILES string of the molecule is O=[N+]([O-])c1ccc(NN=Cc2cc(Cl)c(OCc3ccccc3Cl)c(Br)c2)nc1. The average molecular weight is 496 g/mol. The van der Waals surface area contributed by atoms with Gasteiger partial charge in [0.15, 0.2) is 5.75 Å². The van der Waals surface area contributed by atoms with E-state index < -0.39 is 4.92 Å². The lowest BCUT2D eigenvalue weighted by Gasteiger charge is -2.12. The molecule has 1 N–H and O–H groups in total. The maximum Gasteiger partial charge on any atom is 0.287 e. The third kappa shape index (κ3) is 5.66. The Labute approximate surface area is 184 Å². The monoisotopic (exact) mass is 494 g/mol. The van der Waals surface area contributed by atoms with Gasteiger partial charge in [0, 0.05) is 16.7 Å². The van der Waals surface area contributed by atoms with Gasteiger partial charge < -0.3 is 4.74 Å².